The average Bonchev–Trinajstić information content (AvgIpc) is 3.25. The van der Waals surface area contributed by atoms with Crippen LogP contribution in [0, 0.1) is 5.82 Å². The Morgan fingerprint density at radius 2 is 1.83 bits per heavy atom. The van der Waals surface area contributed by atoms with Gasteiger partial charge in [0.2, 0.25) is 5.91 Å². The van der Waals surface area contributed by atoms with Gasteiger partial charge in [-0.25, -0.2) is 4.39 Å². The van der Waals surface area contributed by atoms with Gasteiger partial charge in [-0.05, 0) is 51.5 Å². The van der Waals surface area contributed by atoms with Crippen molar-refractivity contribution < 1.29 is 18.8 Å². The second kappa shape index (κ2) is 11.7. The summed E-state index contributed by atoms with van der Waals surface area (Å²) in [6.45, 7) is 7.55. The lowest BCUT2D eigenvalue weighted by Gasteiger charge is -2.17. The summed E-state index contributed by atoms with van der Waals surface area (Å²) < 4.78 is 15.8. The minimum Gasteiger partial charge on any atom is -0.342 e. The first-order valence-corrected chi connectivity index (χ1v) is 12.2. The number of Topliss-reactive ketones (excluding diaryl/α,β-unsaturated/α-hetero) is 1. The van der Waals surface area contributed by atoms with Crippen LogP contribution in [0.5, 0.6) is 0 Å². The number of amides is 2. The smallest absolute Gasteiger partial charge is 0.254 e. The van der Waals surface area contributed by atoms with Gasteiger partial charge in [-0.3, -0.25) is 14.4 Å². The van der Waals surface area contributed by atoms with Crippen LogP contribution in [0.2, 0.25) is 0 Å². The van der Waals surface area contributed by atoms with Crippen molar-refractivity contribution >= 4 is 35.0 Å². The highest BCUT2D eigenvalue weighted by Gasteiger charge is 2.25. The highest BCUT2D eigenvalue weighted by molar-refractivity contribution is 8.00. The average molecular weight is 498 g/mol. The Bertz CT molecular complexity index is 1230. The number of hydrogen-bond donors (Lipinski definition) is 2. The maximum absolute atomic E-state index is 14.0. The number of carbonyl (C=O) groups excluding carboxylic acids is 3. The van der Waals surface area contributed by atoms with Crippen LogP contribution >= 0.6 is 11.8 Å². The van der Waals surface area contributed by atoms with E-state index in [0.717, 1.165) is 0 Å². The van der Waals surface area contributed by atoms with Crippen LogP contribution in [0.3, 0.4) is 0 Å². The van der Waals surface area contributed by atoms with Crippen LogP contribution in [0.4, 0.5) is 10.1 Å². The number of thioether (sulfide) groups is 1. The number of rotatable bonds is 10. The molecule has 0 spiro atoms. The summed E-state index contributed by atoms with van der Waals surface area (Å²) in [7, 11) is 0. The first-order valence-electron chi connectivity index (χ1n) is 11.3. The molecule has 0 saturated carbocycles. The number of aromatic nitrogens is 3. The second-order valence-electron chi connectivity index (χ2n) is 7.90. The quantitative estimate of drug-likeness (QED) is 0.312. The van der Waals surface area contributed by atoms with Crippen molar-refractivity contribution in [1.29, 1.82) is 0 Å². The Hall–Kier alpha value is -3.53. The highest BCUT2D eigenvalue weighted by Crippen LogP contribution is 2.27. The SMILES string of the molecule is CCC(Sc1nnc(C(C)NC(=O)c2ccccc2F)n1CC)C(=O)Nc1cccc(C(C)=O)c1. The van der Waals surface area contributed by atoms with Crippen LogP contribution < -0.4 is 10.6 Å². The first kappa shape index (κ1) is 26.1. The lowest BCUT2D eigenvalue weighted by atomic mass is 10.1. The van der Waals surface area contributed by atoms with Gasteiger partial charge in [0.05, 0.1) is 16.9 Å². The van der Waals surface area contributed by atoms with E-state index >= 15 is 0 Å². The van der Waals surface area contributed by atoms with E-state index in [1.54, 1.807) is 37.3 Å². The van der Waals surface area contributed by atoms with Crippen molar-refractivity contribution in [3.63, 3.8) is 0 Å². The molecular formula is C25H28FN5O3S. The van der Waals surface area contributed by atoms with E-state index in [2.05, 4.69) is 20.8 Å². The van der Waals surface area contributed by atoms with E-state index in [1.807, 2.05) is 18.4 Å². The van der Waals surface area contributed by atoms with E-state index in [9.17, 15) is 18.8 Å². The van der Waals surface area contributed by atoms with E-state index in [-0.39, 0.29) is 17.3 Å². The lowest BCUT2D eigenvalue weighted by molar-refractivity contribution is -0.115. The van der Waals surface area contributed by atoms with Gasteiger partial charge < -0.3 is 15.2 Å². The van der Waals surface area contributed by atoms with Crippen molar-refractivity contribution in [2.75, 3.05) is 5.32 Å². The molecule has 1 aromatic heterocycles. The summed E-state index contributed by atoms with van der Waals surface area (Å²) in [6, 6.07) is 12.0. The van der Waals surface area contributed by atoms with E-state index in [1.165, 1.54) is 36.9 Å². The van der Waals surface area contributed by atoms with Gasteiger partial charge in [0.25, 0.3) is 5.91 Å². The summed E-state index contributed by atoms with van der Waals surface area (Å²) in [4.78, 5) is 37.1. The molecule has 2 amide bonds. The molecule has 2 atom stereocenters. The van der Waals surface area contributed by atoms with Crippen LogP contribution in [0.1, 0.15) is 66.7 Å². The molecule has 0 saturated heterocycles. The molecule has 2 N–H and O–H groups in total. The molecular weight excluding hydrogens is 469 g/mol. The molecule has 10 heteroatoms. The number of carbonyl (C=O) groups is 3. The van der Waals surface area contributed by atoms with Gasteiger partial charge in [0, 0.05) is 17.8 Å². The zero-order valence-corrected chi connectivity index (χ0v) is 20.9. The minimum atomic E-state index is -0.601. The van der Waals surface area contributed by atoms with Crippen LogP contribution in [0.25, 0.3) is 0 Å². The molecule has 0 aliphatic carbocycles. The van der Waals surface area contributed by atoms with Crippen LogP contribution in [-0.2, 0) is 11.3 Å². The molecule has 3 aromatic rings. The molecule has 0 radical (unpaired) electrons. The minimum absolute atomic E-state index is 0.0481. The number of halogens is 1. The van der Waals surface area contributed by atoms with Gasteiger partial charge in [0.15, 0.2) is 16.8 Å². The molecule has 0 fully saturated rings. The molecule has 2 unspecified atom stereocenters. The third kappa shape index (κ3) is 6.33. The van der Waals surface area contributed by atoms with Crippen molar-refractivity contribution in [1.82, 2.24) is 20.1 Å². The number of hydrogen-bond acceptors (Lipinski definition) is 6. The number of ketones is 1. The Morgan fingerprint density at radius 1 is 1.09 bits per heavy atom. The summed E-state index contributed by atoms with van der Waals surface area (Å²) in [5.41, 5.74) is 1.02. The van der Waals surface area contributed by atoms with Gasteiger partial charge in [-0.15, -0.1) is 10.2 Å². The summed E-state index contributed by atoms with van der Waals surface area (Å²) in [5.74, 6) is -0.942. The molecule has 2 aromatic carbocycles. The van der Waals surface area contributed by atoms with Gasteiger partial charge in [0.1, 0.15) is 5.82 Å². The van der Waals surface area contributed by atoms with Gasteiger partial charge >= 0.3 is 0 Å². The summed E-state index contributed by atoms with van der Waals surface area (Å²) >= 11 is 1.27. The highest BCUT2D eigenvalue weighted by atomic mass is 32.2. The molecule has 3 rings (SSSR count). The summed E-state index contributed by atoms with van der Waals surface area (Å²) in [6.07, 6.45) is 0.536. The predicted molar refractivity (Wildman–Crippen MR) is 133 cm³/mol. The predicted octanol–water partition coefficient (Wildman–Crippen LogP) is 4.64. The fourth-order valence-electron chi connectivity index (χ4n) is 3.48. The number of nitrogens with zero attached hydrogens (tertiary/aromatic N) is 3. The Labute approximate surface area is 207 Å². The molecule has 0 aliphatic rings. The second-order valence-corrected chi connectivity index (χ2v) is 9.07. The van der Waals surface area contributed by atoms with E-state index in [4.69, 9.17) is 0 Å². The molecule has 0 bridgehead atoms. The molecule has 35 heavy (non-hydrogen) atoms. The summed E-state index contributed by atoms with van der Waals surface area (Å²) in [5, 5.41) is 14.2. The normalized spacial score (nSPS) is 12.6. The van der Waals surface area contributed by atoms with Gasteiger partial charge in [-0.1, -0.05) is 43.0 Å². The van der Waals surface area contributed by atoms with Crippen LogP contribution in [0.15, 0.2) is 53.7 Å². The van der Waals surface area contributed by atoms with Crippen LogP contribution in [-0.4, -0.2) is 37.6 Å². The largest absolute Gasteiger partial charge is 0.342 e. The fourth-order valence-corrected chi connectivity index (χ4v) is 4.50. The van der Waals surface area contributed by atoms with Gasteiger partial charge in [-0.2, -0.15) is 0 Å². The van der Waals surface area contributed by atoms with E-state index < -0.39 is 23.0 Å². The molecule has 184 valence electrons. The van der Waals surface area contributed by atoms with Crippen molar-refractivity contribution in [2.45, 2.75) is 57.1 Å². The van der Waals surface area contributed by atoms with Crippen molar-refractivity contribution in [2.24, 2.45) is 0 Å². The van der Waals surface area contributed by atoms with E-state index in [0.29, 0.717) is 35.2 Å². The monoisotopic (exact) mass is 497 g/mol. The maximum atomic E-state index is 14.0. The molecule has 8 nitrogen and oxygen atoms in total. The fraction of sp³-hybridized carbons (Fsp3) is 0.320. The zero-order chi connectivity index (χ0) is 25.5. The Morgan fingerprint density at radius 3 is 2.49 bits per heavy atom. The number of benzene rings is 2. The first-order chi connectivity index (χ1) is 16.7. The third-order valence-electron chi connectivity index (χ3n) is 5.36. The van der Waals surface area contributed by atoms with Crippen molar-refractivity contribution in [3.05, 3.63) is 71.3 Å². The Balaban J connectivity index is 1.73. The molecule has 0 aliphatic heterocycles. The lowest BCUT2D eigenvalue weighted by Crippen LogP contribution is -2.29. The third-order valence-corrected chi connectivity index (χ3v) is 6.71. The Kier molecular flexibility index (Phi) is 8.75. The topological polar surface area (TPSA) is 106 Å². The standard InChI is InChI=1S/C25H28FN5O3S/c1-5-21(24(34)28-18-11-9-10-17(14-18)16(4)32)35-25-30-29-22(31(25)6-2)15(3)27-23(33)19-12-7-8-13-20(19)26/h7-15,21H,5-6H2,1-4H3,(H,27,33)(H,28,34). The molecule has 1 heterocycles. The maximum Gasteiger partial charge on any atom is 0.254 e. The van der Waals surface area contributed by atoms with Crippen molar-refractivity contribution in [3.8, 4) is 0 Å². The number of nitrogens with one attached hydrogen (secondary N) is 2. The zero-order valence-electron chi connectivity index (χ0n) is 20.0. The number of anilines is 1.